The molecule has 1 N–H and O–H groups in total. The molecule has 0 aliphatic heterocycles. The van der Waals surface area contributed by atoms with Gasteiger partial charge < -0.3 is 5.32 Å². The molecule has 3 rings (SSSR count). The minimum absolute atomic E-state index is 0.259. The number of anilines is 1. The second kappa shape index (κ2) is 8.44. The van der Waals surface area contributed by atoms with Gasteiger partial charge in [0, 0.05) is 40.8 Å². The van der Waals surface area contributed by atoms with Crippen molar-refractivity contribution in [2.75, 3.05) is 5.32 Å². The number of rotatable bonds is 4. The first kappa shape index (κ1) is 19.2. The van der Waals surface area contributed by atoms with Gasteiger partial charge in [0.2, 0.25) is 0 Å². The molecule has 0 saturated heterocycles. The highest BCUT2D eigenvalue weighted by atomic mass is 19.3. The average Bonchev–Trinajstić information content (AvgIpc) is 3.00. The molecule has 28 heavy (non-hydrogen) atoms. The van der Waals surface area contributed by atoms with Crippen LogP contribution in [0.2, 0.25) is 0 Å². The molecule has 0 bridgehead atoms. The van der Waals surface area contributed by atoms with E-state index in [2.05, 4.69) is 27.2 Å². The quantitative estimate of drug-likeness (QED) is 0.700. The third kappa shape index (κ3) is 4.80. The van der Waals surface area contributed by atoms with Crippen LogP contribution in [0, 0.1) is 25.7 Å². The molecule has 2 heterocycles. The molecule has 0 radical (unpaired) electrons. The maximum absolute atomic E-state index is 12.6. The van der Waals surface area contributed by atoms with Gasteiger partial charge in [-0.15, -0.1) is 0 Å². The maximum atomic E-state index is 12.6. The number of amides is 1. The summed E-state index contributed by atoms with van der Waals surface area (Å²) in [5.74, 6) is 5.95. The van der Waals surface area contributed by atoms with Crippen molar-refractivity contribution in [2.24, 2.45) is 0 Å². The number of aromatic nitrogens is 3. The summed E-state index contributed by atoms with van der Waals surface area (Å²) in [6, 6.07) is 8.84. The first-order valence-electron chi connectivity index (χ1n) is 8.58. The monoisotopic (exact) mass is 380 g/mol. The molecule has 1 amide bonds. The van der Waals surface area contributed by atoms with Crippen LogP contribution in [0.5, 0.6) is 0 Å². The fourth-order valence-electron chi connectivity index (χ4n) is 2.53. The van der Waals surface area contributed by atoms with Gasteiger partial charge in [-0.1, -0.05) is 17.9 Å². The average molecular weight is 380 g/mol. The van der Waals surface area contributed by atoms with Crippen LogP contribution in [0.25, 0.3) is 0 Å². The number of benzene rings is 1. The van der Waals surface area contributed by atoms with Gasteiger partial charge in [-0.05, 0) is 43.7 Å². The molecule has 0 saturated carbocycles. The van der Waals surface area contributed by atoms with E-state index in [4.69, 9.17) is 0 Å². The Bertz CT molecular complexity index is 1050. The predicted octanol–water partition coefficient (Wildman–Crippen LogP) is 3.81. The molecular weight excluding hydrogens is 362 g/mol. The Morgan fingerprint density at radius 1 is 1.21 bits per heavy atom. The first-order chi connectivity index (χ1) is 13.4. The van der Waals surface area contributed by atoms with E-state index in [1.54, 1.807) is 37.5 Å². The zero-order chi connectivity index (χ0) is 20.1. The van der Waals surface area contributed by atoms with E-state index in [1.165, 1.54) is 6.20 Å². The molecule has 0 fully saturated rings. The van der Waals surface area contributed by atoms with Crippen LogP contribution >= 0.6 is 0 Å². The molecule has 5 nitrogen and oxygen atoms in total. The van der Waals surface area contributed by atoms with Crippen molar-refractivity contribution in [2.45, 2.75) is 26.8 Å². The topological polar surface area (TPSA) is 59.8 Å². The Kier molecular flexibility index (Phi) is 5.80. The molecule has 0 atom stereocenters. The third-order valence-electron chi connectivity index (χ3n) is 4.00. The lowest BCUT2D eigenvalue weighted by molar-refractivity contribution is 0.102. The zero-order valence-corrected chi connectivity index (χ0v) is 15.4. The van der Waals surface area contributed by atoms with Gasteiger partial charge in [-0.3, -0.25) is 14.5 Å². The summed E-state index contributed by atoms with van der Waals surface area (Å²) in [6.07, 6.45) is 2.30. The van der Waals surface area contributed by atoms with Gasteiger partial charge in [-0.2, -0.15) is 5.10 Å². The number of aryl methyl sites for hydroxylation is 2. The molecule has 0 aliphatic rings. The van der Waals surface area contributed by atoms with Crippen molar-refractivity contribution in [1.82, 2.24) is 14.8 Å². The second-order valence-corrected chi connectivity index (χ2v) is 6.25. The maximum Gasteiger partial charge on any atom is 0.257 e. The first-order valence-corrected chi connectivity index (χ1v) is 8.58. The highest BCUT2D eigenvalue weighted by Crippen LogP contribution is 2.16. The number of nitrogens with zero attached hydrogens (tertiary/aromatic N) is 3. The normalized spacial score (nSPS) is 10.5. The second-order valence-electron chi connectivity index (χ2n) is 6.25. The molecule has 0 unspecified atom stereocenters. The third-order valence-corrected chi connectivity index (χ3v) is 4.00. The summed E-state index contributed by atoms with van der Waals surface area (Å²) >= 11 is 0. The summed E-state index contributed by atoms with van der Waals surface area (Å²) in [5.41, 5.74) is 3.44. The summed E-state index contributed by atoms with van der Waals surface area (Å²) < 4.78 is 26.1. The number of carbonyl (C=O) groups is 1. The number of nitrogens with one attached hydrogen (secondary N) is 1. The number of carbonyl (C=O) groups excluding carboxylic acids is 1. The fraction of sp³-hybridized carbons (Fsp3) is 0.190. The minimum atomic E-state index is -2.51. The van der Waals surface area contributed by atoms with Crippen molar-refractivity contribution in [3.63, 3.8) is 0 Å². The van der Waals surface area contributed by atoms with Crippen molar-refractivity contribution >= 4 is 11.7 Å². The van der Waals surface area contributed by atoms with Gasteiger partial charge in [0.05, 0.1) is 0 Å². The molecule has 3 aromatic rings. The van der Waals surface area contributed by atoms with E-state index in [1.807, 2.05) is 19.1 Å². The minimum Gasteiger partial charge on any atom is -0.305 e. The molecule has 2 aromatic heterocycles. The van der Waals surface area contributed by atoms with Crippen LogP contribution in [-0.2, 0) is 6.54 Å². The van der Waals surface area contributed by atoms with Crippen LogP contribution in [0.15, 0.2) is 48.9 Å². The Morgan fingerprint density at radius 3 is 2.75 bits per heavy atom. The van der Waals surface area contributed by atoms with Crippen LogP contribution in [0.1, 0.15) is 32.6 Å². The van der Waals surface area contributed by atoms with Crippen molar-refractivity contribution in [3.05, 3.63) is 76.7 Å². The van der Waals surface area contributed by atoms with E-state index in [0.29, 0.717) is 11.1 Å². The predicted molar refractivity (Wildman–Crippen MR) is 102 cm³/mol. The van der Waals surface area contributed by atoms with E-state index >= 15 is 0 Å². The molecule has 142 valence electrons. The van der Waals surface area contributed by atoms with Crippen molar-refractivity contribution < 1.29 is 13.6 Å². The number of hydrogen-bond acceptors (Lipinski definition) is 3. The summed E-state index contributed by atoms with van der Waals surface area (Å²) in [6.45, 7) is 3.09. The van der Waals surface area contributed by atoms with Crippen LogP contribution in [0.4, 0.5) is 14.6 Å². The van der Waals surface area contributed by atoms with E-state index < -0.39 is 13.0 Å². The smallest absolute Gasteiger partial charge is 0.257 e. The van der Waals surface area contributed by atoms with Gasteiger partial charge in [0.25, 0.3) is 12.3 Å². The lowest BCUT2D eigenvalue weighted by Gasteiger charge is -2.06. The van der Waals surface area contributed by atoms with Gasteiger partial charge in [0.1, 0.15) is 6.54 Å². The van der Waals surface area contributed by atoms with Crippen molar-refractivity contribution in [3.8, 4) is 11.8 Å². The van der Waals surface area contributed by atoms with Crippen LogP contribution in [-0.4, -0.2) is 27.1 Å². The highest BCUT2D eigenvalue weighted by molar-refractivity contribution is 6.04. The standard InChI is InChI=1S/C21H18F2N4O/c1-14-5-7-18(10-17(14)8-6-16-4-3-9-24-11-16)21(28)25-20-15(2)12-27(26-20)13-19(22)23/h3-5,7,9-12,19H,13H2,1-2H3,(H,25,26,28). The van der Waals surface area contributed by atoms with Gasteiger partial charge in [0.15, 0.2) is 5.82 Å². The Hall–Kier alpha value is -3.53. The van der Waals surface area contributed by atoms with Gasteiger partial charge in [-0.25, -0.2) is 8.78 Å². The lowest BCUT2D eigenvalue weighted by Crippen LogP contribution is -2.14. The zero-order valence-electron chi connectivity index (χ0n) is 15.4. The van der Waals surface area contributed by atoms with Crippen LogP contribution in [0.3, 0.4) is 0 Å². The Labute approximate surface area is 161 Å². The SMILES string of the molecule is Cc1ccc(C(=O)Nc2nn(CC(F)F)cc2C)cc1C#Cc1cccnc1. The van der Waals surface area contributed by atoms with E-state index in [0.717, 1.165) is 21.4 Å². The summed E-state index contributed by atoms with van der Waals surface area (Å²) in [5, 5.41) is 6.67. The number of alkyl halides is 2. The van der Waals surface area contributed by atoms with E-state index in [9.17, 15) is 13.6 Å². The summed E-state index contributed by atoms with van der Waals surface area (Å²) in [7, 11) is 0. The molecule has 0 spiro atoms. The highest BCUT2D eigenvalue weighted by Gasteiger charge is 2.13. The molecular formula is C21H18F2N4O. The number of pyridine rings is 1. The van der Waals surface area contributed by atoms with Crippen LogP contribution < -0.4 is 5.32 Å². The summed E-state index contributed by atoms with van der Waals surface area (Å²) in [4.78, 5) is 16.6. The Morgan fingerprint density at radius 2 is 2.04 bits per heavy atom. The molecule has 0 aliphatic carbocycles. The lowest BCUT2D eigenvalue weighted by atomic mass is 10.0. The molecule has 1 aromatic carbocycles. The van der Waals surface area contributed by atoms with E-state index in [-0.39, 0.29) is 11.7 Å². The molecule has 7 heteroatoms. The fourth-order valence-corrected chi connectivity index (χ4v) is 2.53. The Balaban J connectivity index is 1.80. The van der Waals surface area contributed by atoms with Crippen molar-refractivity contribution in [1.29, 1.82) is 0 Å². The number of halogens is 2. The number of hydrogen-bond donors (Lipinski definition) is 1. The van der Waals surface area contributed by atoms with Gasteiger partial charge >= 0.3 is 0 Å². The largest absolute Gasteiger partial charge is 0.305 e.